The second kappa shape index (κ2) is 7.40. The van der Waals surface area contributed by atoms with Crippen molar-refractivity contribution in [2.45, 2.75) is 45.8 Å². The summed E-state index contributed by atoms with van der Waals surface area (Å²) in [5.74, 6) is 0.898. The first kappa shape index (κ1) is 16.5. The van der Waals surface area contributed by atoms with E-state index in [1.807, 2.05) is 23.0 Å². The average Bonchev–Trinajstić information content (AvgIpc) is 2.97. The quantitative estimate of drug-likeness (QED) is 0.785. The summed E-state index contributed by atoms with van der Waals surface area (Å²) in [5.41, 5.74) is 2.26. The summed E-state index contributed by atoms with van der Waals surface area (Å²) in [7, 11) is 3.83. The van der Waals surface area contributed by atoms with Gasteiger partial charge in [0, 0.05) is 18.6 Å². The molecule has 22 heavy (non-hydrogen) atoms. The van der Waals surface area contributed by atoms with Gasteiger partial charge in [0.05, 0.1) is 19.0 Å². The number of methoxy groups -OCH3 is 1. The Kier molecular flexibility index (Phi) is 5.55. The van der Waals surface area contributed by atoms with Crippen molar-refractivity contribution in [2.75, 3.05) is 14.2 Å². The summed E-state index contributed by atoms with van der Waals surface area (Å²) < 4.78 is 7.23. The maximum atomic E-state index is 5.33. The zero-order chi connectivity index (χ0) is 16.1. The van der Waals surface area contributed by atoms with E-state index in [1.165, 1.54) is 5.56 Å². The summed E-state index contributed by atoms with van der Waals surface area (Å²) >= 11 is 0. The highest BCUT2D eigenvalue weighted by Gasteiger charge is 2.17. The lowest BCUT2D eigenvalue weighted by Gasteiger charge is -2.27. The lowest BCUT2D eigenvalue weighted by molar-refractivity contribution is 0.227. The highest BCUT2D eigenvalue weighted by molar-refractivity contribution is 5.30. The maximum absolute atomic E-state index is 5.33. The molecule has 2 rings (SSSR count). The molecule has 0 amide bonds. The topological polar surface area (TPSA) is 43.2 Å². The monoisotopic (exact) mass is 302 g/mol. The van der Waals surface area contributed by atoms with E-state index in [9.17, 15) is 0 Å². The van der Waals surface area contributed by atoms with Gasteiger partial charge in [-0.1, -0.05) is 24.3 Å². The number of aromatic nitrogens is 3. The largest absolute Gasteiger partial charge is 0.497 e. The molecule has 5 heteroatoms. The van der Waals surface area contributed by atoms with Crippen LogP contribution in [0.2, 0.25) is 0 Å². The van der Waals surface area contributed by atoms with Crippen molar-refractivity contribution < 1.29 is 4.74 Å². The minimum absolute atomic E-state index is 0.333. The standard InChI is InChI=1S/C17H26N4O/c1-6-17(14-8-7-9-16(10-14)22-5)20(4)11-15-12-21(13(2)3)19-18-15/h7-10,12-13,17H,6,11H2,1-5H3. The molecule has 1 heterocycles. The second-order valence-electron chi connectivity index (χ2n) is 5.90. The molecule has 0 bridgehead atoms. The number of nitrogens with zero attached hydrogens (tertiary/aromatic N) is 4. The van der Waals surface area contributed by atoms with E-state index in [2.05, 4.69) is 55.2 Å². The number of benzene rings is 1. The van der Waals surface area contributed by atoms with Crippen LogP contribution >= 0.6 is 0 Å². The van der Waals surface area contributed by atoms with Crippen LogP contribution in [0.25, 0.3) is 0 Å². The zero-order valence-electron chi connectivity index (χ0n) is 14.2. The van der Waals surface area contributed by atoms with Gasteiger partial charge in [0.2, 0.25) is 0 Å². The van der Waals surface area contributed by atoms with E-state index in [0.717, 1.165) is 24.4 Å². The van der Waals surface area contributed by atoms with Crippen molar-refractivity contribution in [3.05, 3.63) is 41.7 Å². The molecule has 0 N–H and O–H groups in total. The van der Waals surface area contributed by atoms with E-state index >= 15 is 0 Å². The van der Waals surface area contributed by atoms with Crippen LogP contribution in [0.3, 0.4) is 0 Å². The van der Waals surface area contributed by atoms with E-state index in [4.69, 9.17) is 4.74 Å². The van der Waals surface area contributed by atoms with Crippen molar-refractivity contribution in [2.24, 2.45) is 0 Å². The van der Waals surface area contributed by atoms with E-state index in [0.29, 0.717) is 12.1 Å². The van der Waals surface area contributed by atoms with Gasteiger partial charge in [-0.05, 0) is 45.0 Å². The molecule has 1 atom stereocenters. The normalized spacial score (nSPS) is 12.9. The van der Waals surface area contributed by atoms with Crippen LogP contribution in [0, 0.1) is 0 Å². The maximum Gasteiger partial charge on any atom is 0.119 e. The Balaban J connectivity index is 2.12. The van der Waals surface area contributed by atoms with Crippen LogP contribution < -0.4 is 4.74 Å². The Morgan fingerprint density at radius 1 is 1.32 bits per heavy atom. The van der Waals surface area contributed by atoms with Gasteiger partial charge in [0.15, 0.2) is 0 Å². The molecule has 5 nitrogen and oxygen atoms in total. The van der Waals surface area contributed by atoms with Crippen LogP contribution in [-0.2, 0) is 6.54 Å². The molecule has 0 aliphatic rings. The lowest BCUT2D eigenvalue weighted by atomic mass is 10.0. The van der Waals surface area contributed by atoms with Crippen molar-refractivity contribution in [1.29, 1.82) is 0 Å². The number of hydrogen-bond donors (Lipinski definition) is 0. The molecule has 2 aromatic rings. The lowest BCUT2D eigenvalue weighted by Crippen LogP contribution is -2.24. The van der Waals surface area contributed by atoms with Crippen LogP contribution in [0.4, 0.5) is 0 Å². The van der Waals surface area contributed by atoms with Gasteiger partial charge in [-0.2, -0.15) is 0 Å². The van der Waals surface area contributed by atoms with Crippen LogP contribution in [0.5, 0.6) is 5.75 Å². The van der Waals surface area contributed by atoms with Gasteiger partial charge in [0.1, 0.15) is 5.75 Å². The first-order valence-electron chi connectivity index (χ1n) is 7.80. The highest BCUT2D eigenvalue weighted by Crippen LogP contribution is 2.27. The summed E-state index contributed by atoms with van der Waals surface area (Å²) in [6.07, 6.45) is 3.06. The fourth-order valence-corrected chi connectivity index (χ4v) is 2.65. The first-order valence-corrected chi connectivity index (χ1v) is 7.80. The third-order valence-corrected chi connectivity index (χ3v) is 3.90. The molecule has 0 fully saturated rings. The molecule has 0 aliphatic heterocycles. The van der Waals surface area contributed by atoms with Crippen LogP contribution in [0.1, 0.15) is 50.5 Å². The SMILES string of the molecule is CCC(c1cccc(OC)c1)N(C)Cc1cn(C(C)C)nn1. The predicted molar refractivity (Wildman–Crippen MR) is 87.9 cm³/mol. The molecular weight excluding hydrogens is 276 g/mol. The Bertz CT molecular complexity index is 594. The number of rotatable bonds is 7. The second-order valence-corrected chi connectivity index (χ2v) is 5.90. The van der Waals surface area contributed by atoms with E-state index in [1.54, 1.807) is 7.11 Å². The molecule has 120 valence electrons. The highest BCUT2D eigenvalue weighted by atomic mass is 16.5. The molecule has 1 aromatic heterocycles. The molecule has 0 saturated carbocycles. The third-order valence-electron chi connectivity index (χ3n) is 3.90. The molecule has 1 aromatic carbocycles. The van der Waals surface area contributed by atoms with Gasteiger partial charge in [-0.15, -0.1) is 5.10 Å². The van der Waals surface area contributed by atoms with Gasteiger partial charge >= 0.3 is 0 Å². The van der Waals surface area contributed by atoms with Gasteiger partial charge in [-0.3, -0.25) is 4.90 Å². The minimum Gasteiger partial charge on any atom is -0.497 e. The van der Waals surface area contributed by atoms with Crippen LogP contribution in [-0.4, -0.2) is 34.1 Å². The molecule has 0 spiro atoms. The van der Waals surface area contributed by atoms with E-state index in [-0.39, 0.29) is 0 Å². The molecule has 0 aliphatic carbocycles. The molecular formula is C17H26N4O. The summed E-state index contributed by atoms with van der Waals surface area (Å²) in [6.45, 7) is 7.19. The van der Waals surface area contributed by atoms with Crippen LogP contribution in [0.15, 0.2) is 30.5 Å². The minimum atomic E-state index is 0.333. The Labute approximate surface area is 132 Å². The van der Waals surface area contributed by atoms with Gasteiger partial charge in [-0.25, -0.2) is 4.68 Å². The molecule has 0 saturated heterocycles. The summed E-state index contributed by atoms with van der Waals surface area (Å²) in [5, 5.41) is 8.44. The fourth-order valence-electron chi connectivity index (χ4n) is 2.65. The molecule has 0 radical (unpaired) electrons. The van der Waals surface area contributed by atoms with Crippen molar-refractivity contribution >= 4 is 0 Å². The smallest absolute Gasteiger partial charge is 0.119 e. The fraction of sp³-hybridized carbons (Fsp3) is 0.529. The van der Waals surface area contributed by atoms with Crippen molar-refractivity contribution in [3.63, 3.8) is 0 Å². The van der Waals surface area contributed by atoms with Crippen molar-refractivity contribution in [3.8, 4) is 5.75 Å². The number of ether oxygens (including phenoxy) is 1. The molecule has 1 unspecified atom stereocenters. The van der Waals surface area contributed by atoms with E-state index < -0.39 is 0 Å². The predicted octanol–water partition coefficient (Wildman–Crippen LogP) is 3.45. The Morgan fingerprint density at radius 2 is 2.09 bits per heavy atom. The van der Waals surface area contributed by atoms with Gasteiger partial charge in [0.25, 0.3) is 0 Å². The third kappa shape index (κ3) is 3.85. The Hall–Kier alpha value is -1.88. The van der Waals surface area contributed by atoms with Gasteiger partial charge < -0.3 is 4.74 Å². The van der Waals surface area contributed by atoms with Crippen molar-refractivity contribution in [1.82, 2.24) is 19.9 Å². The Morgan fingerprint density at radius 3 is 2.68 bits per heavy atom. The summed E-state index contributed by atoms with van der Waals surface area (Å²) in [6, 6.07) is 8.95. The average molecular weight is 302 g/mol. The summed E-state index contributed by atoms with van der Waals surface area (Å²) in [4.78, 5) is 2.31. The first-order chi connectivity index (χ1) is 10.5. The number of hydrogen-bond acceptors (Lipinski definition) is 4. The zero-order valence-corrected chi connectivity index (χ0v) is 14.2.